The monoisotopic (exact) mass is 805 g/mol. The first kappa shape index (κ1) is 52.4. The van der Waals surface area contributed by atoms with Crippen LogP contribution < -0.4 is 27.4 Å². The van der Waals surface area contributed by atoms with Crippen molar-refractivity contribution in [3.8, 4) is 0 Å². The minimum Gasteiger partial charge on any atom is -0.480 e. The summed E-state index contributed by atoms with van der Waals surface area (Å²) in [5, 5.41) is 25.0. The van der Waals surface area contributed by atoms with E-state index in [1.54, 1.807) is 41.5 Å². The first-order valence-electron chi connectivity index (χ1n) is 15.5. The molecule has 20 heteroatoms. The fourth-order valence-corrected chi connectivity index (χ4v) is 8.03. The smallest absolute Gasteiger partial charge is 0.327 e. The summed E-state index contributed by atoms with van der Waals surface area (Å²) >= 11 is 3.99. The van der Waals surface area contributed by atoms with Gasteiger partial charge in [0.1, 0.15) is 12.1 Å². The second-order valence-electron chi connectivity index (χ2n) is 11.6. The summed E-state index contributed by atoms with van der Waals surface area (Å²) in [6.07, 6.45) is 0. The molecule has 0 saturated heterocycles. The van der Waals surface area contributed by atoms with Crippen molar-refractivity contribution in [2.75, 3.05) is 28.8 Å². The van der Waals surface area contributed by atoms with Gasteiger partial charge in [-0.15, -0.1) is 0 Å². The Labute approximate surface area is 316 Å². The summed E-state index contributed by atoms with van der Waals surface area (Å²) in [7, 11) is 5.23. The number of ketones is 3. The van der Waals surface area contributed by atoms with Crippen molar-refractivity contribution >= 4 is 103 Å². The van der Waals surface area contributed by atoms with Crippen LogP contribution in [0.4, 0.5) is 0 Å². The predicted molar refractivity (Wildman–Crippen MR) is 207 cm³/mol. The molecule has 0 rings (SSSR count). The SMILES string of the molecule is CC(=O)NC(CS)C(=O)C(C)C.CC(=O)NC(CSSCC(NC(C)=O)C(=O)C(C)C)C(=O)O.CC(C)C(=O)C(N)CSSCC(N)C(=O)O. The number of hydrogen-bond donors (Lipinski definition) is 8. The lowest BCUT2D eigenvalue weighted by Crippen LogP contribution is -2.43. The maximum atomic E-state index is 12.0. The van der Waals surface area contributed by atoms with Crippen molar-refractivity contribution in [3.63, 3.8) is 0 Å². The molecule has 0 aliphatic carbocycles. The molecule has 5 unspecified atom stereocenters. The molecular weight excluding hydrogens is 751 g/mol. The fourth-order valence-electron chi connectivity index (χ4n) is 3.17. The molecule has 15 nitrogen and oxygen atoms in total. The molecule has 5 atom stereocenters. The van der Waals surface area contributed by atoms with Gasteiger partial charge in [0.25, 0.3) is 0 Å². The van der Waals surface area contributed by atoms with E-state index in [1.165, 1.54) is 63.9 Å². The molecule has 0 bridgehead atoms. The van der Waals surface area contributed by atoms with Crippen LogP contribution in [0.1, 0.15) is 62.3 Å². The lowest BCUT2D eigenvalue weighted by atomic mass is 10.0. The van der Waals surface area contributed by atoms with Gasteiger partial charge in [-0.25, -0.2) is 4.79 Å². The molecule has 0 heterocycles. The maximum absolute atomic E-state index is 12.0. The highest BCUT2D eigenvalue weighted by Gasteiger charge is 2.24. The number of carboxylic acid groups (broad SMARTS) is 2. The standard InChI is InChI=1S/C13H22N2O5S2.C9H18N2O3S2.C8H15NO2S/c1-7(2)12(18)10(14-8(3)16)5-21-22-6-11(13(19)20)15-9(4)17;1-5(2)8(12)6(10)3-15-16-4-7(11)9(13)14;1-5(2)8(11)7(4-12)9-6(3)10/h7,10-11H,5-6H2,1-4H3,(H,14,16)(H,15,17)(H,19,20);5-7H,3-4,10-11H2,1-2H3,(H,13,14);5,7,12H,4H2,1-3H3,(H,9,10). The van der Waals surface area contributed by atoms with Crippen LogP contribution in [0, 0.1) is 17.8 Å². The van der Waals surface area contributed by atoms with E-state index >= 15 is 0 Å². The van der Waals surface area contributed by atoms with Crippen molar-refractivity contribution in [3.05, 3.63) is 0 Å². The quantitative estimate of drug-likeness (QED) is 0.0439. The highest BCUT2D eigenvalue weighted by molar-refractivity contribution is 8.77. The lowest BCUT2D eigenvalue weighted by molar-refractivity contribution is -0.140. The van der Waals surface area contributed by atoms with E-state index in [0.717, 1.165) is 0 Å². The summed E-state index contributed by atoms with van der Waals surface area (Å²) in [5.41, 5.74) is 11.0. The summed E-state index contributed by atoms with van der Waals surface area (Å²) in [6, 6.07) is -3.37. The van der Waals surface area contributed by atoms with Crippen LogP contribution >= 0.6 is 55.8 Å². The number of amides is 3. The number of nitrogens with two attached hydrogens (primary N) is 2. The Balaban J connectivity index is -0.000000696. The number of carboxylic acids is 2. The Morgan fingerprint density at radius 3 is 1.18 bits per heavy atom. The summed E-state index contributed by atoms with van der Waals surface area (Å²) in [5.74, 6) is -1.71. The number of carbonyl (C=O) groups excluding carboxylic acids is 6. The van der Waals surface area contributed by atoms with Gasteiger partial charge < -0.3 is 37.6 Å². The molecule has 0 aromatic rings. The van der Waals surface area contributed by atoms with Crippen LogP contribution in [0.3, 0.4) is 0 Å². The fraction of sp³-hybridized carbons (Fsp3) is 0.733. The zero-order valence-electron chi connectivity index (χ0n) is 30.0. The zero-order chi connectivity index (χ0) is 39.7. The molecular formula is C30H55N5O10S5. The number of rotatable bonds is 22. The Morgan fingerprint density at radius 1 is 0.520 bits per heavy atom. The first-order valence-corrected chi connectivity index (χ1v) is 21.1. The first-order chi connectivity index (χ1) is 23.0. The normalized spacial score (nSPS) is 13.7. The van der Waals surface area contributed by atoms with Crippen LogP contribution in [0.5, 0.6) is 0 Å². The third kappa shape index (κ3) is 27.7. The third-order valence-electron chi connectivity index (χ3n) is 5.82. The largest absolute Gasteiger partial charge is 0.480 e. The van der Waals surface area contributed by atoms with E-state index < -0.39 is 48.1 Å². The van der Waals surface area contributed by atoms with Crippen LogP contribution in [0.2, 0.25) is 0 Å². The molecule has 290 valence electrons. The van der Waals surface area contributed by atoms with Crippen molar-refractivity contribution < 1.29 is 48.6 Å². The molecule has 9 N–H and O–H groups in total. The van der Waals surface area contributed by atoms with E-state index in [9.17, 15) is 38.4 Å². The van der Waals surface area contributed by atoms with E-state index in [4.69, 9.17) is 21.7 Å². The van der Waals surface area contributed by atoms with E-state index in [2.05, 4.69) is 28.6 Å². The van der Waals surface area contributed by atoms with Crippen molar-refractivity contribution in [1.29, 1.82) is 0 Å². The third-order valence-corrected chi connectivity index (χ3v) is 11.1. The minimum atomic E-state index is -1.11. The van der Waals surface area contributed by atoms with Gasteiger partial charge >= 0.3 is 11.9 Å². The van der Waals surface area contributed by atoms with Gasteiger partial charge in [-0.2, -0.15) is 12.6 Å². The number of thiol groups is 1. The van der Waals surface area contributed by atoms with Crippen molar-refractivity contribution in [2.24, 2.45) is 29.2 Å². The summed E-state index contributed by atoms with van der Waals surface area (Å²) < 4.78 is 0. The minimum absolute atomic E-state index is 0.0237. The highest BCUT2D eigenvalue weighted by atomic mass is 33.1. The summed E-state index contributed by atoms with van der Waals surface area (Å²) in [4.78, 5) is 88.8. The molecule has 0 aliphatic rings. The second kappa shape index (κ2) is 29.6. The number of carbonyl (C=O) groups is 8. The molecule has 0 radical (unpaired) electrons. The van der Waals surface area contributed by atoms with Crippen molar-refractivity contribution in [1.82, 2.24) is 16.0 Å². The van der Waals surface area contributed by atoms with Gasteiger partial charge in [0, 0.05) is 67.3 Å². The topological polar surface area (TPSA) is 265 Å². The molecule has 0 saturated carbocycles. The van der Waals surface area contributed by atoms with E-state index in [1.807, 2.05) is 0 Å². The van der Waals surface area contributed by atoms with Gasteiger partial charge in [-0.1, -0.05) is 84.7 Å². The molecule has 3 amide bonds. The Kier molecular flexibility index (Phi) is 31.0. The summed E-state index contributed by atoms with van der Waals surface area (Å²) in [6.45, 7) is 14.7. The number of hydrogen-bond acceptors (Lipinski definition) is 15. The van der Waals surface area contributed by atoms with Crippen molar-refractivity contribution in [2.45, 2.75) is 92.5 Å². The van der Waals surface area contributed by atoms with Crippen LogP contribution in [0.25, 0.3) is 0 Å². The Morgan fingerprint density at radius 2 is 0.840 bits per heavy atom. The number of Topliss-reactive ketones (excluding diaryl/α,β-unsaturated/α-hetero) is 3. The van der Waals surface area contributed by atoms with Crippen LogP contribution in [0.15, 0.2) is 0 Å². The predicted octanol–water partition coefficient (Wildman–Crippen LogP) is 1.67. The Hall–Kier alpha value is -1.97. The highest BCUT2D eigenvalue weighted by Crippen LogP contribution is 2.24. The van der Waals surface area contributed by atoms with Gasteiger partial charge in [0.05, 0.1) is 18.1 Å². The van der Waals surface area contributed by atoms with Gasteiger partial charge in [-0.3, -0.25) is 33.6 Å². The number of aliphatic carboxylic acids is 2. The van der Waals surface area contributed by atoms with Gasteiger partial charge in [-0.05, 0) is 0 Å². The second-order valence-corrected chi connectivity index (χ2v) is 17.1. The lowest BCUT2D eigenvalue weighted by Gasteiger charge is -2.18. The molecule has 0 fully saturated rings. The maximum Gasteiger partial charge on any atom is 0.327 e. The Bertz CT molecular complexity index is 1110. The average Bonchev–Trinajstić information content (AvgIpc) is 3.01. The zero-order valence-corrected chi connectivity index (χ0v) is 34.2. The molecule has 0 spiro atoms. The molecule has 50 heavy (non-hydrogen) atoms. The van der Waals surface area contributed by atoms with Crippen LogP contribution in [-0.2, 0) is 38.4 Å². The van der Waals surface area contributed by atoms with Gasteiger partial charge in [0.15, 0.2) is 17.3 Å². The van der Waals surface area contributed by atoms with E-state index in [-0.39, 0.29) is 52.7 Å². The molecule has 0 aromatic carbocycles. The number of nitrogens with one attached hydrogen (secondary N) is 3. The average molecular weight is 806 g/mol. The molecule has 0 aliphatic heterocycles. The molecule has 0 aromatic heterocycles. The van der Waals surface area contributed by atoms with Crippen LogP contribution in [-0.4, -0.2) is 116 Å². The van der Waals surface area contributed by atoms with E-state index in [0.29, 0.717) is 23.0 Å². The van der Waals surface area contributed by atoms with Gasteiger partial charge in [0.2, 0.25) is 17.7 Å².